The van der Waals surface area contributed by atoms with Crippen molar-refractivity contribution in [2.75, 3.05) is 44.3 Å². The van der Waals surface area contributed by atoms with Crippen molar-refractivity contribution in [1.82, 2.24) is 34.3 Å². The van der Waals surface area contributed by atoms with E-state index >= 15 is 0 Å². The van der Waals surface area contributed by atoms with E-state index in [-0.39, 0.29) is 0 Å². The monoisotopic (exact) mass is 533 g/mol. The molecule has 2 aliphatic rings. The first-order valence-electron chi connectivity index (χ1n) is 14.3. The molecule has 1 aliphatic heterocycles. The van der Waals surface area contributed by atoms with Gasteiger partial charge in [0.05, 0.1) is 10.9 Å². The van der Waals surface area contributed by atoms with Crippen LogP contribution in [0.4, 0.5) is 17.5 Å². The lowest BCUT2D eigenvalue weighted by Crippen LogP contribution is -2.49. The van der Waals surface area contributed by atoms with E-state index in [4.69, 9.17) is 10.7 Å². The molecule has 1 aliphatic carbocycles. The number of hydrogen-bond donors (Lipinski definition) is 2. The number of nitrogens with one attached hydrogen (secondary N) is 1. The Labute approximate surface area is 234 Å². The van der Waals surface area contributed by atoms with Gasteiger partial charge in [-0.2, -0.15) is 0 Å². The second kappa shape index (κ2) is 10.5. The van der Waals surface area contributed by atoms with Crippen LogP contribution in [-0.4, -0.2) is 73.6 Å². The number of fused-ring (bicyclic) bond motifs is 2. The average molecular weight is 534 g/mol. The highest BCUT2D eigenvalue weighted by molar-refractivity contribution is 6.00. The van der Waals surface area contributed by atoms with E-state index in [0.29, 0.717) is 23.8 Å². The molecule has 40 heavy (non-hydrogen) atoms. The lowest BCUT2D eigenvalue weighted by Gasteiger charge is -2.41. The van der Waals surface area contributed by atoms with E-state index in [1.807, 2.05) is 30.5 Å². The first-order chi connectivity index (χ1) is 19.6. The van der Waals surface area contributed by atoms with Crippen LogP contribution in [0.1, 0.15) is 31.7 Å². The van der Waals surface area contributed by atoms with Gasteiger partial charge in [0.25, 0.3) is 0 Å². The van der Waals surface area contributed by atoms with Gasteiger partial charge in [-0.3, -0.25) is 4.90 Å². The lowest BCUT2D eigenvalue weighted by molar-refractivity contribution is 0.0828. The molecule has 9 heteroatoms. The third kappa shape index (κ3) is 4.76. The summed E-state index contributed by atoms with van der Waals surface area (Å²) in [6.07, 6.45) is 10.4. The molecule has 1 saturated heterocycles. The van der Waals surface area contributed by atoms with Gasteiger partial charge in [0.15, 0.2) is 0 Å². The van der Waals surface area contributed by atoms with Crippen LogP contribution in [0.2, 0.25) is 0 Å². The van der Waals surface area contributed by atoms with Crippen molar-refractivity contribution >= 4 is 39.4 Å². The molecule has 0 bridgehead atoms. The van der Waals surface area contributed by atoms with Crippen molar-refractivity contribution in [2.24, 2.45) is 0 Å². The summed E-state index contributed by atoms with van der Waals surface area (Å²) in [7, 11) is 2.22. The van der Waals surface area contributed by atoms with Crippen LogP contribution in [0, 0.1) is 0 Å². The van der Waals surface area contributed by atoms with Gasteiger partial charge in [0.1, 0.15) is 17.8 Å². The van der Waals surface area contributed by atoms with Crippen LogP contribution in [0.5, 0.6) is 0 Å². The average Bonchev–Trinajstić information content (AvgIpc) is 3.39. The van der Waals surface area contributed by atoms with Crippen LogP contribution < -0.4 is 11.1 Å². The Morgan fingerprint density at radius 2 is 1.60 bits per heavy atom. The molecule has 4 heterocycles. The van der Waals surface area contributed by atoms with Crippen LogP contribution in [0.15, 0.2) is 67.3 Å². The topological polar surface area (TPSA) is 101 Å². The van der Waals surface area contributed by atoms with Crippen LogP contribution in [0.25, 0.3) is 33.1 Å². The minimum atomic E-state index is 0.417. The Hall–Kier alpha value is -4.08. The van der Waals surface area contributed by atoms with Gasteiger partial charge in [-0.15, -0.1) is 0 Å². The van der Waals surface area contributed by atoms with Gasteiger partial charge >= 0.3 is 0 Å². The number of nitrogen functional groups attached to an aromatic ring is 1. The zero-order valence-electron chi connectivity index (χ0n) is 22.9. The molecule has 3 N–H and O–H groups in total. The fraction of sp³-hybridized carbons (Fsp3) is 0.355. The van der Waals surface area contributed by atoms with Crippen molar-refractivity contribution < 1.29 is 0 Å². The van der Waals surface area contributed by atoms with E-state index in [0.717, 1.165) is 51.6 Å². The molecule has 2 fully saturated rings. The molecule has 0 amide bonds. The normalized spacial score (nSPS) is 20.7. The van der Waals surface area contributed by atoms with Gasteiger partial charge in [-0.05, 0) is 56.5 Å². The zero-order chi connectivity index (χ0) is 27.1. The van der Waals surface area contributed by atoms with Crippen molar-refractivity contribution in [3.05, 3.63) is 67.3 Å². The largest absolute Gasteiger partial charge is 0.383 e. The van der Waals surface area contributed by atoms with E-state index in [2.05, 4.69) is 72.1 Å². The summed E-state index contributed by atoms with van der Waals surface area (Å²) < 4.78 is 2.36. The van der Waals surface area contributed by atoms with Gasteiger partial charge in [0.2, 0.25) is 5.95 Å². The highest BCUT2D eigenvalue weighted by atomic mass is 15.3. The predicted molar refractivity (Wildman–Crippen MR) is 161 cm³/mol. The molecule has 0 unspecified atom stereocenters. The van der Waals surface area contributed by atoms with E-state index in [9.17, 15) is 0 Å². The van der Waals surface area contributed by atoms with Crippen LogP contribution in [-0.2, 0) is 0 Å². The van der Waals surface area contributed by atoms with Crippen molar-refractivity contribution in [1.29, 1.82) is 0 Å². The number of aromatic nitrogens is 5. The second-order valence-electron chi connectivity index (χ2n) is 11.2. The minimum Gasteiger partial charge on any atom is -0.383 e. The van der Waals surface area contributed by atoms with Crippen molar-refractivity contribution in [2.45, 2.75) is 37.8 Å². The number of para-hydroxylation sites is 1. The molecule has 3 aromatic heterocycles. The summed E-state index contributed by atoms with van der Waals surface area (Å²) in [5.74, 6) is 1.10. The summed E-state index contributed by atoms with van der Waals surface area (Å²) in [6.45, 7) is 4.71. The number of rotatable bonds is 5. The molecule has 0 atom stereocenters. The third-order valence-electron chi connectivity index (χ3n) is 8.69. The third-order valence-corrected chi connectivity index (χ3v) is 8.69. The molecule has 204 valence electrons. The van der Waals surface area contributed by atoms with Gasteiger partial charge in [0, 0.05) is 67.3 Å². The quantitative estimate of drug-likeness (QED) is 0.322. The number of anilines is 3. The molecule has 7 rings (SSSR count). The molecule has 5 aromatic rings. The fourth-order valence-electron chi connectivity index (χ4n) is 6.39. The van der Waals surface area contributed by atoms with E-state index in [1.165, 1.54) is 39.0 Å². The summed E-state index contributed by atoms with van der Waals surface area (Å²) >= 11 is 0. The van der Waals surface area contributed by atoms with Crippen LogP contribution in [0.3, 0.4) is 0 Å². The molecule has 0 spiro atoms. The predicted octanol–water partition coefficient (Wildman–Crippen LogP) is 5.10. The van der Waals surface area contributed by atoms with Crippen molar-refractivity contribution in [3.63, 3.8) is 0 Å². The smallest absolute Gasteiger partial charge is 0.227 e. The Morgan fingerprint density at radius 1 is 0.850 bits per heavy atom. The number of likely N-dealkylation sites (N-methyl/N-ethyl adjacent to an activating group) is 1. The minimum absolute atomic E-state index is 0.417. The number of nitrogens with zero attached hydrogens (tertiary/aromatic N) is 7. The van der Waals surface area contributed by atoms with Crippen molar-refractivity contribution in [3.8, 4) is 11.1 Å². The summed E-state index contributed by atoms with van der Waals surface area (Å²) in [4.78, 5) is 23.3. The van der Waals surface area contributed by atoms with E-state index < -0.39 is 0 Å². The van der Waals surface area contributed by atoms with E-state index in [1.54, 1.807) is 6.33 Å². The maximum Gasteiger partial charge on any atom is 0.227 e. The molecule has 2 aromatic carbocycles. The highest BCUT2D eigenvalue weighted by Gasteiger charge is 2.30. The first-order valence-corrected chi connectivity index (χ1v) is 14.3. The second-order valence-corrected chi connectivity index (χ2v) is 11.2. The zero-order valence-corrected chi connectivity index (χ0v) is 22.9. The summed E-state index contributed by atoms with van der Waals surface area (Å²) in [5, 5.41) is 5.28. The van der Waals surface area contributed by atoms with Gasteiger partial charge < -0.3 is 20.5 Å². The maximum atomic E-state index is 6.44. The Morgan fingerprint density at radius 3 is 2.40 bits per heavy atom. The fourth-order valence-corrected chi connectivity index (χ4v) is 6.39. The summed E-state index contributed by atoms with van der Waals surface area (Å²) in [5.41, 5.74) is 11.4. The lowest BCUT2D eigenvalue weighted by atomic mass is 9.89. The molecule has 0 radical (unpaired) electrons. The number of benzene rings is 2. The molecule has 1 saturated carbocycles. The number of piperazine rings is 1. The standard InChI is InChI=1S/C31H35N9/c1-38-14-16-39(17-15-38)24-10-12-25(13-11-24)40-19-26(28-29(32)34-20-35-30(28)40)21-6-8-23(9-7-21)36-31-33-18-22-4-2-3-5-27(22)37-31/h2-9,18-20,24-25H,10-17H2,1H3,(H2,32,34,35)(H,33,36,37). The Kier molecular flexibility index (Phi) is 6.53. The van der Waals surface area contributed by atoms with Gasteiger partial charge in [-0.1, -0.05) is 30.3 Å². The molecular weight excluding hydrogens is 498 g/mol. The SMILES string of the molecule is CN1CCN(C2CCC(n3cc(-c4ccc(Nc5ncc6ccccc6n5)cc4)c4c(N)ncnc43)CC2)CC1. The summed E-state index contributed by atoms with van der Waals surface area (Å²) in [6, 6.07) is 17.4. The highest BCUT2D eigenvalue weighted by Crippen LogP contribution is 2.39. The maximum absolute atomic E-state index is 6.44. The molecular formula is C31H35N9. The van der Waals surface area contributed by atoms with Crippen LogP contribution >= 0.6 is 0 Å². The Balaban J connectivity index is 1.12. The number of nitrogens with two attached hydrogens (primary N) is 1. The number of hydrogen-bond acceptors (Lipinski definition) is 8. The van der Waals surface area contributed by atoms with Gasteiger partial charge in [-0.25, -0.2) is 19.9 Å². The first kappa shape index (κ1) is 24.9. The molecule has 9 nitrogen and oxygen atoms in total. The Bertz CT molecular complexity index is 1630.